The fraction of sp³-hybridized carbons (Fsp3) is 0.400. The van der Waals surface area contributed by atoms with Crippen molar-refractivity contribution in [1.82, 2.24) is 14.5 Å². The standard InChI is InChI=1S/C10H12N4O2S/c1-5(2)7-4-8(16-13-7)9(15)12-10-11-6(3)14-17-10/h4-5H,1-3H3,(H,11,12,14,15). The Hall–Kier alpha value is -1.76. The largest absolute Gasteiger partial charge is 0.351 e. The molecular weight excluding hydrogens is 240 g/mol. The van der Waals surface area contributed by atoms with Gasteiger partial charge in [-0.25, -0.2) is 4.98 Å². The molecule has 2 heterocycles. The van der Waals surface area contributed by atoms with Crippen LogP contribution in [0.2, 0.25) is 0 Å². The van der Waals surface area contributed by atoms with Crippen molar-refractivity contribution in [3.8, 4) is 0 Å². The van der Waals surface area contributed by atoms with Crippen molar-refractivity contribution in [3.05, 3.63) is 23.3 Å². The predicted molar refractivity (Wildman–Crippen MR) is 63.2 cm³/mol. The minimum absolute atomic E-state index is 0.182. The van der Waals surface area contributed by atoms with Gasteiger partial charge in [-0.3, -0.25) is 10.1 Å². The van der Waals surface area contributed by atoms with Crippen LogP contribution < -0.4 is 5.32 Å². The highest BCUT2D eigenvalue weighted by Crippen LogP contribution is 2.16. The first kappa shape index (κ1) is 11.7. The number of aryl methyl sites for hydroxylation is 1. The number of nitrogens with one attached hydrogen (secondary N) is 1. The van der Waals surface area contributed by atoms with Crippen LogP contribution >= 0.6 is 11.5 Å². The van der Waals surface area contributed by atoms with Gasteiger partial charge in [0.25, 0.3) is 5.91 Å². The first-order valence-electron chi connectivity index (χ1n) is 5.14. The molecule has 0 aliphatic carbocycles. The van der Waals surface area contributed by atoms with Gasteiger partial charge in [0.1, 0.15) is 5.82 Å². The smallest absolute Gasteiger partial charge is 0.296 e. The molecule has 2 aromatic heterocycles. The molecule has 0 fully saturated rings. The Balaban J connectivity index is 2.09. The van der Waals surface area contributed by atoms with Crippen molar-refractivity contribution in [2.45, 2.75) is 26.7 Å². The third-order valence-corrected chi connectivity index (χ3v) is 2.81. The van der Waals surface area contributed by atoms with E-state index in [0.717, 1.165) is 17.2 Å². The highest BCUT2D eigenvalue weighted by Gasteiger charge is 2.16. The summed E-state index contributed by atoms with van der Waals surface area (Å²) >= 11 is 1.13. The number of amides is 1. The molecule has 0 spiro atoms. The molecule has 0 bridgehead atoms. The lowest BCUT2D eigenvalue weighted by molar-refractivity contribution is 0.0988. The van der Waals surface area contributed by atoms with E-state index in [9.17, 15) is 4.79 Å². The quantitative estimate of drug-likeness (QED) is 0.905. The highest BCUT2D eigenvalue weighted by molar-refractivity contribution is 7.09. The third kappa shape index (κ3) is 2.68. The molecule has 90 valence electrons. The molecule has 7 heteroatoms. The summed E-state index contributed by atoms with van der Waals surface area (Å²) < 4.78 is 8.93. The molecule has 0 radical (unpaired) electrons. The number of carbonyl (C=O) groups is 1. The van der Waals surface area contributed by atoms with E-state index >= 15 is 0 Å². The monoisotopic (exact) mass is 252 g/mol. The molecule has 17 heavy (non-hydrogen) atoms. The average Bonchev–Trinajstić information content (AvgIpc) is 2.86. The van der Waals surface area contributed by atoms with E-state index in [0.29, 0.717) is 11.0 Å². The van der Waals surface area contributed by atoms with Gasteiger partial charge in [-0.05, 0) is 12.8 Å². The maximum Gasteiger partial charge on any atom is 0.296 e. The maximum absolute atomic E-state index is 11.8. The SMILES string of the molecule is Cc1nsc(NC(=O)c2cc(C(C)C)no2)n1. The lowest BCUT2D eigenvalue weighted by Gasteiger charge is -1.95. The number of hydrogen-bond acceptors (Lipinski definition) is 6. The number of carbonyl (C=O) groups excluding carboxylic acids is 1. The van der Waals surface area contributed by atoms with Crippen LogP contribution in [-0.4, -0.2) is 20.4 Å². The molecule has 0 aliphatic heterocycles. The van der Waals surface area contributed by atoms with Crippen LogP contribution in [0.5, 0.6) is 0 Å². The van der Waals surface area contributed by atoms with Gasteiger partial charge in [-0.15, -0.1) is 0 Å². The summed E-state index contributed by atoms with van der Waals surface area (Å²) in [6, 6.07) is 1.63. The van der Waals surface area contributed by atoms with E-state index in [1.54, 1.807) is 13.0 Å². The second-order valence-corrected chi connectivity index (χ2v) is 4.62. The maximum atomic E-state index is 11.8. The second-order valence-electron chi connectivity index (χ2n) is 3.87. The van der Waals surface area contributed by atoms with Crippen LogP contribution in [0.3, 0.4) is 0 Å². The van der Waals surface area contributed by atoms with Gasteiger partial charge >= 0.3 is 0 Å². The lowest BCUT2D eigenvalue weighted by Crippen LogP contribution is -2.10. The molecule has 0 unspecified atom stereocenters. The predicted octanol–water partition coefficient (Wildman–Crippen LogP) is 2.21. The second kappa shape index (κ2) is 4.62. The summed E-state index contributed by atoms with van der Waals surface area (Å²) in [5, 5.41) is 6.87. The molecule has 0 saturated heterocycles. The summed E-state index contributed by atoms with van der Waals surface area (Å²) in [6.07, 6.45) is 0. The van der Waals surface area contributed by atoms with Crippen LogP contribution in [-0.2, 0) is 0 Å². The van der Waals surface area contributed by atoms with Crippen LogP contribution in [0.1, 0.15) is 41.8 Å². The van der Waals surface area contributed by atoms with Gasteiger partial charge in [0, 0.05) is 17.6 Å². The fourth-order valence-corrected chi connectivity index (χ4v) is 1.75. The molecule has 2 rings (SSSR count). The van der Waals surface area contributed by atoms with Gasteiger partial charge in [-0.2, -0.15) is 4.37 Å². The van der Waals surface area contributed by atoms with Gasteiger partial charge in [-0.1, -0.05) is 19.0 Å². The summed E-state index contributed by atoms with van der Waals surface area (Å²) in [5.74, 6) is 0.678. The zero-order valence-electron chi connectivity index (χ0n) is 9.72. The summed E-state index contributed by atoms with van der Waals surface area (Å²) in [4.78, 5) is 15.8. The van der Waals surface area contributed by atoms with Gasteiger partial charge in [0.15, 0.2) is 0 Å². The van der Waals surface area contributed by atoms with E-state index < -0.39 is 0 Å². The Labute approximate surface area is 102 Å². The molecule has 1 N–H and O–H groups in total. The van der Waals surface area contributed by atoms with Crippen molar-refractivity contribution >= 4 is 22.6 Å². The van der Waals surface area contributed by atoms with Crippen LogP contribution in [0.4, 0.5) is 5.13 Å². The van der Waals surface area contributed by atoms with E-state index in [4.69, 9.17) is 4.52 Å². The molecule has 6 nitrogen and oxygen atoms in total. The molecule has 0 saturated carbocycles. The zero-order chi connectivity index (χ0) is 12.4. The van der Waals surface area contributed by atoms with E-state index in [1.165, 1.54) is 0 Å². The molecule has 1 amide bonds. The van der Waals surface area contributed by atoms with Gasteiger partial charge in [0.05, 0.1) is 5.69 Å². The molecule has 2 aromatic rings. The number of aromatic nitrogens is 3. The molecule has 0 aromatic carbocycles. The topological polar surface area (TPSA) is 80.9 Å². The summed E-state index contributed by atoms with van der Waals surface area (Å²) in [6.45, 7) is 5.72. The number of rotatable bonds is 3. The van der Waals surface area contributed by atoms with Crippen molar-refractivity contribution in [3.63, 3.8) is 0 Å². The minimum atomic E-state index is -0.361. The van der Waals surface area contributed by atoms with Crippen molar-refractivity contribution in [2.24, 2.45) is 0 Å². The molecular formula is C10H12N4O2S. The lowest BCUT2D eigenvalue weighted by atomic mass is 10.1. The Morgan fingerprint density at radius 3 is 2.82 bits per heavy atom. The summed E-state index contributed by atoms with van der Waals surface area (Å²) in [7, 11) is 0. The van der Waals surface area contributed by atoms with E-state index in [-0.39, 0.29) is 17.6 Å². The Kier molecular flexibility index (Phi) is 3.19. The molecule has 0 aliphatic rings. The normalized spacial score (nSPS) is 10.8. The number of nitrogens with zero attached hydrogens (tertiary/aromatic N) is 3. The zero-order valence-corrected chi connectivity index (χ0v) is 10.5. The number of hydrogen-bond donors (Lipinski definition) is 1. The Morgan fingerprint density at radius 1 is 1.53 bits per heavy atom. The van der Waals surface area contributed by atoms with Gasteiger partial charge in [0.2, 0.25) is 10.9 Å². The first-order chi connectivity index (χ1) is 8.06. The van der Waals surface area contributed by atoms with Crippen LogP contribution in [0.15, 0.2) is 10.6 Å². The Morgan fingerprint density at radius 2 is 2.29 bits per heavy atom. The van der Waals surface area contributed by atoms with Crippen molar-refractivity contribution in [2.75, 3.05) is 5.32 Å². The molecule has 0 atom stereocenters. The third-order valence-electron chi connectivity index (χ3n) is 2.09. The summed E-state index contributed by atoms with van der Waals surface area (Å²) in [5.41, 5.74) is 0.753. The average molecular weight is 252 g/mol. The van der Waals surface area contributed by atoms with Crippen molar-refractivity contribution < 1.29 is 9.32 Å². The van der Waals surface area contributed by atoms with Crippen molar-refractivity contribution in [1.29, 1.82) is 0 Å². The Bertz CT molecular complexity index is 532. The highest BCUT2D eigenvalue weighted by atomic mass is 32.1. The number of anilines is 1. The van der Waals surface area contributed by atoms with Gasteiger partial charge < -0.3 is 4.52 Å². The van der Waals surface area contributed by atoms with Crippen LogP contribution in [0.25, 0.3) is 0 Å². The van der Waals surface area contributed by atoms with Crippen LogP contribution in [0, 0.1) is 6.92 Å². The first-order valence-corrected chi connectivity index (χ1v) is 5.92. The van der Waals surface area contributed by atoms with E-state index in [1.807, 2.05) is 13.8 Å². The van der Waals surface area contributed by atoms with E-state index in [2.05, 4.69) is 19.8 Å². The minimum Gasteiger partial charge on any atom is -0.351 e. The fourth-order valence-electron chi connectivity index (χ4n) is 1.17.